The van der Waals surface area contributed by atoms with Gasteiger partial charge in [-0.1, -0.05) is 13.8 Å². The number of nitrogens with two attached hydrogens (primary N) is 1. The van der Waals surface area contributed by atoms with E-state index in [1.54, 1.807) is 11.8 Å². The fraction of sp³-hybridized carbons (Fsp3) is 0.500. The third-order valence-corrected chi connectivity index (χ3v) is 4.66. The Labute approximate surface area is 98.4 Å². The summed E-state index contributed by atoms with van der Waals surface area (Å²) in [7, 11) is 0. The predicted molar refractivity (Wildman–Crippen MR) is 63.2 cm³/mol. The maximum atomic E-state index is 13.7. The van der Waals surface area contributed by atoms with Crippen molar-refractivity contribution in [1.82, 2.24) is 0 Å². The molecule has 1 aliphatic rings. The first-order chi connectivity index (χ1) is 7.50. The van der Waals surface area contributed by atoms with Crippen molar-refractivity contribution in [2.24, 2.45) is 11.7 Å². The third-order valence-electron chi connectivity index (χ3n) is 2.96. The van der Waals surface area contributed by atoms with Crippen molar-refractivity contribution in [3.63, 3.8) is 0 Å². The van der Waals surface area contributed by atoms with Gasteiger partial charge in [-0.2, -0.15) is 11.8 Å². The monoisotopic (exact) mass is 243 g/mol. The van der Waals surface area contributed by atoms with Gasteiger partial charge in [-0.25, -0.2) is 8.78 Å². The SMILES string of the molecule is CC(C)C1SCc2cc(F)cc(F)c2C1N. The Morgan fingerprint density at radius 3 is 2.69 bits per heavy atom. The molecule has 0 aliphatic carbocycles. The molecule has 1 aromatic rings. The lowest BCUT2D eigenvalue weighted by molar-refractivity contribution is 0.489. The van der Waals surface area contributed by atoms with Crippen molar-refractivity contribution in [3.05, 3.63) is 34.9 Å². The van der Waals surface area contributed by atoms with Crippen LogP contribution in [-0.2, 0) is 5.75 Å². The third kappa shape index (κ3) is 1.96. The molecule has 2 rings (SSSR count). The number of benzene rings is 1. The average molecular weight is 243 g/mol. The molecule has 0 saturated carbocycles. The molecule has 2 atom stereocenters. The normalized spacial score (nSPS) is 24.6. The smallest absolute Gasteiger partial charge is 0.131 e. The Hall–Kier alpha value is -0.610. The first-order valence-corrected chi connectivity index (χ1v) is 6.40. The highest BCUT2D eigenvalue weighted by atomic mass is 32.2. The zero-order valence-corrected chi connectivity index (χ0v) is 10.2. The number of thioether (sulfide) groups is 1. The summed E-state index contributed by atoms with van der Waals surface area (Å²) in [5.74, 6) is -0.00120. The Balaban J connectivity index is 2.44. The van der Waals surface area contributed by atoms with E-state index in [0.717, 1.165) is 6.07 Å². The number of hydrogen-bond acceptors (Lipinski definition) is 2. The summed E-state index contributed by atoms with van der Waals surface area (Å²) < 4.78 is 26.7. The number of hydrogen-bond donors (Lipinski definition) is 1. The van der Waals surface area contributed by atoms with Gasteiger partial charge in [0, 0.05) is 28.7 Å². The van der Waals surface area contributed by atoms with E-state index >= 15 is 0 Å². The molecule has 16 heavy (non-hydrogen) atoms. The van der Waals surface area contributed by atoms with Crippen molar-refractivity contribution in [2.75, 3.05) is 0 Å². The van der Waals surface area contributed by atoms with Gasteiger partial charge >= 0.3 is 0 Å². The molecule has 0 fully saturated rings. The average Bonchev–Trinajstić information content (AvgIpc) is 2.15. The molecule has 4 heteroatoms. The fourth-order valence-corrected chi connectivity index (χ4v) is 3.53. The highest BCUT2D eigenvalue weighted by molar-refractivity contribution is 7.99. The van der Waals surface area contributed by atoms with E-state index in [-0.39, 0.29) is 11.3 Å². The quantitative estimate of drug-likeness (QED) is 0.819. The molecule has 1 heterocycles. The van der Waals surface area contributed by atoms with Gasteiger partial charge in [0.15, 0.2) is 0 Å². The topological polar surface area (TPSA) is 26.0 Å². The van der Waals surface area contributed by atoms with Crippen LogP contribution in [0.4, 0.5) is 8.78 Å². The van der Waals surface area contributed by atoms with Gasteiger partial charge in [0.1, 0.15) is 11.6 Å². The van der Waals surface area contributed by atoms with Gasteiger partial charge in [0.05, 0.1) is 0 Å². The Morgan fingerprint density at radius 1 is 1.38 bits per heavy atom. The van der Waals surface area contributed by atoms with Crippen LogP contribution >= 0.6 is 11.8 Å². The minimum absolute atomic E-state index is 0.201. The van der Waals surface area contributed by atoms with Crippen LogP contribution in [0, 0.1) is 17.6 Å². The fourth-order valence-electron chi connectivity index (χ4n) is 2.19. The lowest BCUT2D eigenvalue weighted by atomic mass is 9.93. The summed E-state index contributed by atoms with van der Waals surface area (Å²) in [6.45, 7) is 4.15. The second-order valence-corrected chi connectivity index (χ2v) is 5.67. The first kappa shape index (κ1) is 11.9. The number of rotatable bonds is 1. The molecular weight excluding hydrogens is 228 g/mol. The van der Waals surface area contributed by atoms with Gasteiger partial charge in [0.2, 0.25) is 0 Å². The molecule has 0 saturated heterocycles. The molecule has 88 valence electrons. The number of halogens is 2. The second-order valence-electron chi connectivity index (χ2n) is 4.51. The van der Waals surface area contributed by atoms with Crippen LogP contribution in [-0.4, -0.2) is 5.25 Å². The molecule has 1 aromatic carbocycles. The number of fused-ring (bicyclic) bond motifs is 1. The van der Waals surface area contributed by atoms with E-state index in [9.17, 15) is 8.78 Å². The molecule has 0 radical (unpaired) electrons. The van der Waals surface area contributed by atoms with Crippen molar-refractivity contribution in [1.29, 1.82) is 0 Å². The zero-order chi connectivity index (χ0) is 11.9. The van der Waals surface area contributed by atoms with E-state index in [4.69, 9.17) is 5.73 Å². The Morgan fingerprint density at radius 2 is 2.06 bits per heavy atom. The summed E-state index contributed by atoms with van der Waals surface area (Å²) in [6.07, 6.45) is 0. The van der Waals surface area contributed by atoms with Crippen molar-refractivity contribution >= 4 is 11.8 Å². The van der Waals surface area contributed by atoms with Crippen LogP contribution in [0.15, 0.2) is 12.1 Å². The highest BCUT2D eigenvalue weighted by Crippen LogP contribution is 2.41. The summed E-state index contributed by atoms with van der Waals surface area (Å²) in [4.78, 5) is 0. The van der Waals surface area contributed by atoms with Gasteiger partial charge in [0.25, 0.3) is 0 Å². The molecule has 1 nitrogen and oxygen atoms in total. The van der Waals surface area contributed by atoms with E-state index in [1.807, 2.05) is 0 Å². The zero-order valence-electron chi connectivity index (χ0n) is 9.34. The van der Waals surface area contributed by atoms with E-state index in [1.165, 1.54) is 6.07 Å². The van der Waals surface area contributed by atoms with Gasteiger partial charge in [-0.15, -0.1) is 0 Å². The summed E-state index contributed by atoms with van der Waals surface area (Å²) >= 11 is 1.68. The Kier molecular flexibility index (Phi) is 3.22. The first-order valence-electron chi connectivity index (χ1n) is 5.35. The summed E-state index contributed by atoms with van der Waals surface area (Å²) in [5.41, 5.74) is 7.26. The lowest BCUT2D eigenvalue weighted by Crippen LogP contribution is -2.33. The van der Waals surface area contributed by atoms with E-state index < -0.39 is 11.6 Å². The lowest BCUT2D eigenvalue weighted by Gasteiger charge is -2.33. The van der Waals surface area contributed by atoms with Gasteiger partial charge in [-0.05, 0) is 17.5 Å². The van der Waals surface area contributed by atoms with Crippen LogP contribution in [0.3, 0.4) is 0 Å². The summed E-state index contributed by atoms with van der Waals surface area (Å²) in [5, 5.41) is 0.201. The van der Waals surface area contributed by atoms with Crippen LogP contribution in [0.5, 0.6) is 0 Å². The molecule has 2 unspecified atom stereocenters. The standard InChI is InChI=1S/C12H15F2NS/c1-6(2)12-11(15)10-7(5-16-12)3-8(13)4-9(10)14/h3-4,6,11-12H,5,15H2,1-2H3. The molecule has 0 bridgehead atoms. The maximum absolute atomic E-state index is 13.7. The van der Waals surface area contributed by atoms with E-state index in [0.29, 0.717) is 22.8 Å². The van der Waals surface area contributed by atoms with Crippen LogP contribution in [0.1, 0.15) is 31.0 Å². The van der Waals surface area contributed by atoms with E-state index in [2.05, 4.69) is 13.8 Å². The maximum Gasteiger partial charge on any atom is 0.131 e. The van der Waals surface area contributed by atoms with Crippen LogP contribution < -0.4 is 5.73 Å². The van der Waals surface area contributed by atoms with Gasteiger partial charge < -0.3 is 5.73 Å². The van der Waals surface area contributed by atoms with Gasteiger partial charge in [-0.3, -0.25) is 0 Å². The summed E-state index contributed by atoms with van der Waals surface area (Å²) in [6, 6.07) is 1.97. The molecule has 0 aromatic heterocycles. The second kappa shape index (κ2) is 4.34. The molecule has 0 spiro atoms. The Bertz CT molecular complexity index is 406. The van der Waals surface area contributed by atoms with Crippen LogP contribution in [0.2, 0.25) is 0 Å². The molecule has 0 amide bonds. The van der Waals surface area contributed by atoms with Crippen molar-refractivity contribution in [2.45, 2.75) is 30.9 Å². The van der Waals surface area contributed by atoms with Crippen molar-refractivity contribution in [3.8, 4) is 0 Å². The molecular formula is C12H15F2NS. The molecule has 2 N–H and O–H groups in total. The molecule has 1 aliphatic heterocycles. The predicted octanol–water partition coefficient (Wildman–Crippen LogP) is 3.24. The van der Waals surface area contributed by atoms with Crippen LogP contribution in [0.25, 0.3) is 0 Å². The minimum atomic E-state index is -0.521. The highest BCUT2D eigenvalue weighted by Gasteiger charge is 2.32. The largest absolute Gasteiger partial charge is 0.323 e. The van der Waals surface area contributed by atoms with Crippen molar-refractivity contribution < 1.29 is 8.78 Å². The minimum Gasteiger partial charge on any atom is -0.323 e.